The van der Waals surface area contributed by atoms with E-state index < -0.39 is 0 Å². The van der Waals surface area contributed by atoms with E-state index in [0.717, 1.165) is 10.2 Å². The van der Waals surface area contributed by atoms with E-state index in [1.54, 1.807) is 12.1 Å². The maximum atomic E-state index is 9.64. The fraction of sp³-hybridized carbons (Fsp3) is 0.0769. The number of aromatic hydroxyl groups is 1. The number of hydrogen-bond donors (Lipinski definition) is 1. The number of rotatable bonds is 3. The molecule has 4 heteroatoms. The van der Waals surface area contributed by atoms with Crippen LogP contribution in [0.3, 0.4) is 0 Å². The van der Waals surface area contributed by atoms with Crippen LogP contribution in [0, 0.1) is 0 Å². The van der Waals surface area contributed by atoms with Gasteiger partial charge in [0.25, 0.3) is 0 Å². The van der Waals surface area contributed by atoms with E-state index in [4.69, 9.17) is 16.3 Å². The monoisotopic (exact) mass is 312 g/mol. The summed E-state index contributed by atoms with van der Waals surface area (Å²) in [5.74, 6) is 0.900. The van der Waals surface area contributed by atoms with Gasteiger partial charge >= 0.3 is 0 Å². The molecule has 0 atom stereocenters. The summed E-state index contributed by atoms with van der Waals surface area (Å²) in [6.45, 7) is 0.310. The summed E-state index contributed by atoms with van der Waals surface area (Å²) in [7, 11) is 0. The van der Waals surface area contributed by atoms with Crippen molar-refractivity contribution < 1.29 is 9.84 Å². The Morgan fingerprint density at radius 3 is 2.47 bits per heavy atom. The van der Waals surface area contributed by atoms with Crippen molar-refractivity contribution in [3.8, 4) is 11.5 Å². The summed E-state index contributed by atoms with van der Waals surface area (Å²) >= 11 is 9.10. The van der Waals surface area contributed by atoms with Crippen LogP contribution in [-0.2, 0) is 6.61 Å². The van der Waals surface area contributed by atoms with Gasteiger partial charge < -0.3 is 9.84 Å². The van der Waals surface area contributed by atoms with Crippen molar-refractivity contribution in [2.24, 2.45) is 0 Å². The molecule has 0 aromatic heterocycles. The molecule has 2 rings (SSSR count). The van der Waals surface area contributed by atoms with Crippen molar-refractivity contribution in [2.45, 2.75) is 6.61 Å². The van der Waals surface area contributed by atoms with Gasteiger partial charge in [0.05, 0.1) is 0 Å². The smallest absolute Gasteiger partial charge is 0.123 e. The molecule has 1 N–H and O–H groups in total. The van der Waals surface area contributed by atoms with Gasteiger partial charge in [-0.15, -0.1) is 0 Å². The van der Waals surface area contributed by atoms with E-state index in [9.17, 15) is 5.11 Å². The lowest BCUT2D eigenvalue weighted by atomic mass is 10.2. The predicted molar refractivity (Wildman–Crippen MR) is 71.6 cm³/mol. The molecule has 88 valence electrons. The fourth-order valence-electron chi connectivity index (χ4n) is 1.35. The minimum absolute atomic E-state index is 0.148. The molecule has 0 unspecified atom stereocenters. The van der Waals surface area contributed by atoms with Gasteiger partial charge in [-0.05, 0) is 36.4 Å². The number of benzene rings is 2. The number of phenolic OH excluding ortho intramolecular Hbond substituents is 1. The molecule has 0 radical (unpaired) electrons. The van der Waals surface area contributed by atoms with E-state index in [2.05, 4.69) is 15.9 Å². The summed E-state index contributed by atoms with van der Waals surface area (Å²) in [5, 5.41) is 10.2. The van der Waals surface area contributed by atoms with Crippen LogP contribution in [0.1, 0.15) is 5.56 Å². The van der Waals surface area contributed by atoms with Gasteiger partial charge in [-0.1, -0.05) is 33.6 Å². The lowest BCUT2D eigenvalue weighted by molar-refractivity contribution is 0.299. The Hall–Kier alpha value is -1.19. The largest absolute Gasteiger partial charge is 0.507 e. The number of halogens is 2. The maximum Gasteiger partial charge on any atom is 0.123 e. The Bertz CT molecular complexity index is 511. The lowest BCUT2D eigenvalue weighted by Crippen LogP contribution is -1.95. The molecule has 17 heavy (non-hydrogen) atoms. The normalized spacial score (nSPS) is 10.2. The average molecular weight is 314 g/mol. The highest BCUT2D eigenvalue weighted by molar-refractivity contribution is 9.10. The Morgan fingerprint density at radius 1 is 1.12 bits per heavy atom. The summed E-state index contributed by atoms with van der Waals surface area (Å²) in [6.07, 6.45) is 0. The van der Waals surface area contributed by atoms with Crippen molar-refractivity contribution in [1.29, 1.82) is 0 Å². The third-order valence-corrected chi connectivity index (χ3v) is 3.02. The minimum Gasteiger partial charge on any atom is -0.507 e. The molecule has 0 spiro atoms. The molecule has 0 aliphatic rings. The Balaban J connectivity index is 2.04. The first-order chi connectivity index (χ1) is 8.15. The zero-order chi connectivity index (χ0) is 12.3. The second kappa shape index (κ2) is 5.43. The zero-order valence-electron chi connectivity index (χ0n) is 8.86. The number of ether oxygens (including phenoxy) is 1. The first-order valence-corrected chi connectivity index (χ1v) is 6.18. The van der Waals surface area contributed by atoms with Crippen LogP contribution in [0.5, 0.6) is 11.5 Å². The molecular weight excluding hydrogens is 303 g/mol. The molecular formula is C13H10BrClO2. The van der Waals surface area contributed by atoms with Crippen LogP contribution in [0.4, 0.5) is 0 Å². The summed E-state index contributed by atoms with van der Waals surface area (Å²) in [6, 6.07) is 12.5. The van der Waals surface area contributed by atoms with Gasteiger partial charge in [0.15, 0.2) is 0 Å². The molecule has 2 nitrogen and oxygen atoms in total. The highest BCUT2D eigenvalue weighted by Crippen LogP contribution is 2.24. The minimum atomic E-state index is 0.148. The van der Waals surface area contributed by atoms with Crippen molar-refractivity contribution in [1.82, 2.24) is 0 Å². The van der Waals surface area contributed by atoms with Crippen molar-refractivity contribution >= 4 is 27.5 Å². The summed E-state index contributed by atoms with van der Waals surface area (Å²) in [4.78, 5) is 0. The summed E-state index contributed by atoms with van der Waals surface area (Å²) in [5.41, 5.74) is 0.706. The van der Waals surface area contributed by atoms with Gasteiger partial charge in [-0.3, -0.25) is 0 Å². The molecule has 2 aromatic carbocycles. The molecule has 2 aromatic rings. The molecule has 0 amide bonds. The standard InChI is InChI=1S/C13H10BrClO2/c14-10-2-5-12(6-3-10)17-8-9-1-4-11(15)7-13(9)16/h1-7,16H,8H2. The van der Waals surface area contributed by atoms with Crippen LogP contribution in [-0.4, -0.2) is 5.11 Å². The molecule has 0 aliphatic carbocycles. The Morgan fingerprint density at radius 2 is 1.82 bits per heavy atom. The maximum absolute atomic E-state index is 9.64. The second-order valence-corrected chi connectivity index (χ2v) is 4.87. The lowest BCUT2D eigenvalue weighted by Gasteiger charge is -2.08. The van der Waals surface area contributed by atoms with Gasteiger partial charge in [0, 0.05) is 15.1 Å². The SMILES string of the molecule is Oc1cc(Cl)ccc1COc1ccc(Br)cc1. The van der Waals surface area contributed by atoms with E-state index in [1.165, 1.54) is 6.07 Å². The van der Waals surface area contributed by atoms with Crippen LogP contribution in [0.25, 0.3) is 0 Å². The number of hydrogen-bond acceptors (Lipinski definition) is 2. The van der Waals surface area contributed by atoms with Crippen LogP contribution < -0.4 is 4.74 Å². The van der Waals surface area contributed by atoms with Crippen LogP contribution in [0.15, 0.2) is 46.9 Å². The van der Waals surface area contributed by atoms with Gasteiger partial charge in [-0.2, -0.15) is 0 Å². The molecule has 0 bridgehead atoms. The van der Waals surface area contributed by atoms with Gasteiger partial charge in [-0.25, -0.2) is 0 Å². The molecule has 0 saturated heterocycles. The summed E-state index contributed by atoms with van der Waals surface area (Å²) < 4.78 is 6.54. The first kappa shape index (κ1) is 12.3. The quantitative estimate of drug-likeness (QED) is 0.911. The molecule has 0 saturated carbocycles. The third-order valence-electron chi connectivity index (χ3n) is 2.26. The van der Waals surface area contributed by atoms with Crippen molar-refractivity contribution in [3.05, 3.63) is 57.5 Å². The topological polar surface area (TPSA) is 29.5 Å². The van der Waals surface area contributed by atoms with E-state index >= 15 is 0 Å². The second-order valence-electron chi connectivity index (χ2n) is 3.52. The van der Waals surface area contributed by atoms with Gasteiger partial charge in [0.1, 0.15) is 18.1 Å². The third kappa shape index (κ3) is 3.38. The van der Waals surface area contributed by atoms with E-state index in [1.807, 2.05) is 24.3 Å². The fourth-order valence-corrected chi connectivity index (χ4v) is 1.78. The Kier molecular flexibility index (Phi) is 3.92. The molecule has 0 heterocycles. The number of phenols is 1. The first-order valence-electron chi connectivity index (χ1n) is 5.01. The van der Waals surface area contributed by atoms with E-state index in [0.29, 0.717) is 17.2 Å². The average Bonchev–Trinajstić information content (AvgIpc) is 2.30. The van der Waals surface area contributed by atoms with Crippen LogP contribution >= 0.6 is 27.5 Å². The zero-order valence-corrected chi connectivity index (χ0v) is 11.2. The van der Waals surface area contributed by atoms with Crippen molar-refractivity contribution in [3.63, 3.8) is 0 Å². The molecule has 0 fully saturated rings. The highest BCUT2D eigenvalue weighted by Gasteiger charge is 2.03. The van der Waals surface area contributed by atoms with Crippen molar-refractivity contribution in [2.75, 3.05) is 0 Å². The van der Waals surface area contributed by atoms with Crippen LogP contribution in [0.2, 0.25) is 5.02 Å². The highest BCUT2D eigenvalue weighted by atomic mass is 79.9. The Labute approximate surface area is 113 Å². The van der Waals surface area contributed by atoms with E-state index in [-0.39, 0.29) is 5.75 Å². The van der Waals surface area contributed by atoms with Gasteiger partial charge in [0.2, 0.25) is 0 Å². The molecule has 0 aliphatic heterocycles. The predicted octanol–water partition coefficient (Wildman–Crippen LogP) is 4.39.